The van der Waals surface area contributed by atoms with E-state index in [9.17, 15) is 13.2 Å². The van der Waals surface area contributed by atoms with Crippen LogP contribution in [0.25, 0.3) is 0 Å². The molecule has 104 valence electrons. The van der Waals surface area contributed by atoms with Crippen molar-refractivity contribution in [2.45, 2.75) is 25.4 Å². The molecule has 1 N–H and O–H groups in total. The molecule has 0 spiro atoms. The highest BCUT2D eigenvalue weighted by Gasteiger charge is 2.29. The number of carbonyl (C=O) groups is 1. The number of hydrogen-bond acceptors (Lipinski definition) is 4. The Morgan fingerprint density at radius 3 is 2.53 bits per heavy atom. The number of carboxylic acids is 1. The number of ether oxygens (including phenoxy) is 1. The molecule has 5 nitrogen and oxygen atoms in total. The van der Waals surface area contributed by atoms with Crippen molar-refractivity contribution in [3.8, 4) is 5.75 Å². The molecular weight excluding hydrogens is 268 g/mol. The number of carboxylic acid groups (broad SMARTS) is 1. The van der Waals surface area contributed by atoms with E-state index >= 15 is 0 Å². The molecule has 0 radical (unpaired) electrons. The Bertz CT molecular complexity index is 547. The Labute approximate surface area is 112 Å². The van der Waals surface area contributed by atoms with E-state index in [4.69, 9.17) is 9.84 Å². The number of hydrogen-bond donors (Lipinski definition) is 1. The van der Waals surface area contributed by atoms with E-state index in [0.717, 1.165) is 5.56 Å². The van der Waals surface area contributed by atoms with Crippen LogP contribution in [0.5, 0.6) is 5.75 Å². The lowest BCUT2D eigenvalue weighted by Crippen LogP contribution is -2.17. The summed E-state index contributed by atoms with van der Waals surface area (Å²) in [7, 11) is -2.93. The summed E-state index contributed by atoms with van der Waals surface area (Å²) < 4.78 is 28.2. The average Bonchev–Trinajstić information content (AvgIpc) is 2.68. The minimum absolute atomic E-state index is 0.0771. The molecule has 1 aromatic rings. The average molecular weight is 284 g/mol. The van der Waals surface area contributed by atoms with Gasteiger partial charge in [-0.1, -0.05) is 12.1 Å². The summed E-state index contributed by atoms with van der Waals surface area (Å²) >= 11 is 0. The quantitative estimate of drug-likeness (QED) is 0.880. The van der Waals surface area contributed by atoms with Gasteiger partial charge >= 0.3 is 5.97 Å². The number of aryl methyl sites for hydroxylation is 1. The lowest BCUT2D eigenvalue weighted by molar-refractivity contribution is -0.136. The molecule has 0 bridgehead atoms. The van der Waals surface area contributed by atoms with Gasteiger partial charge in [0.25, 0.3) is 0 Å². The number of sulfone groups is 1. The van der Waals surface area contributed by atoms with Gasteiger partial charge in [-0.05, 0) is 30.5 Å². The van der Waals surface area contributed by atoms with E-state index in [2.05, 4.69) is 0 Å². The molecule has 1 saturated heterocycles. The van der Waals surface area contributed by atoms with Gasteiger partial charge in [-0.3, -0.25) is 4.79 Å². The predicted molar refractivity (Wildman–Crippen MR) is 70.1 cm³/mol. The summed E-state index contributed by atoms with van der Waals surface area (Å²) in [5.74, 6) is 0.0694. The van der Waals surface area contributed by atoms with E-state index in [1.165, 1.54) is 0 Å². The first-order chi connectivity index (χ1) is 8.94. The number of rotatable bonds is 5. The van der Waals surface area contributed by atoms with Crippen molar-refractivity contribution in [2.24, 2.45) is 0 Å². The van der Waals surface area contributed by atoms with Crippen molar-refractivity contribution < 1.29 is 23.1 Å². The first-order valence-corrected chi connectivity index (χ1v) is 7.94. The summed E-state index contributed by atoms with van der Waals surface area (Å²) in [4.78, 5) is 10.4. The summed E-state index contributed by atoms with van der Waals surface area (Å²) in [5.41, 5.74) is 0.925. The fourth-order valence-electron chi connectivity index (χ4n) is 2.03. The van der Waals surface area contributed by atoms with Crippen LogP contribution in [0.2, 0.25) is 0 Å². The molecule has 1 aliphatic rings. The van der Waals surface area contributed by atoms with Crippen LogP contribution in [0, 0.1) is 0 Å². The van der Waals surface area contributed by atoms with E-state index < -0.39 is 15.8 Å². The Morgan fingerprint density at radius 1 is 1.32 bits per heavy atom. The van der Waals surface area contributed by atoms with Crippen molar-refractivity contribution in [3.05, 3.63) is 29.8 Å². The van der Waals surface area contributed by atoms with Crippen LogP contribution in [0.15, 0.2) is 24.3 Å². The van der Waals surface area contributed by atoms with Crippen molar-refractivity contribution in [1.82, 2.24) is 0 Å². The highest BCUT2D eigenvalue weighted by Crippen LogP contribution is 2.20. The molecule has 0 aromatic heterocycles. The van der Waals surface area contributed by atoms with E-state index in [1.807, 2.05) is 12.1 Å². The van der Waals surface area contributed by atoms with Crippen LogP contribution >= 0.6 is 0 Å². The fraction of sp³-hybridized carbons (Fsp3) is 0.462. The second kappa shape index (κ2) is 5.61. The van der Waals surface area contributed by atoms with Gasteiger partial charge in [0.05, 0.1) is 11.5 Å². The Balaban J connectivity index is 1.90. The molecule has 0 aliphatic carbocycles. The summed E-state index contributed by atoms with van der Waals surface area (Å²) in [6.07, 6.45) is 0.840. The monoisotopic (exact) mass is 284 g/mol. The van der Waals surface area contributed by atoms with E-state index in [0.29, 0.717) is 18.6 Å². The van der Waals surface area contributed by atoms with Crippen LogP contribution in [-0.4, -0.2) is 37.1 Å². The minimum Gasteiger partial charge on any atom is -0.489 e. The van der Waals surface area contributed by atoms with Crippen LogP contribution in [0.3, 0.4) is 0 Å². The molecule has 2 rings (SSSR count). The maximum Gasteiger partial charge on any atom is 0.303 e. The second-order valence-electron chi connectivity index (χ2n) is 4.68. The third-order valence-electron chi connectivity index (χ3n) is 3.04. The van der Waals surface area contributed by atoms with Gasteiger partial charge in [0.1, 0.15) is 11.9 Å². The van der Waals surface area contributed by atoms with Crippen molar-refractivity contribution in [3.63, 3.8) is 0 Å². The van der Waals surface area contributed by atoms with Crippen molar-refractivity contribution >= 4 is 15.8 Å². The second-order valence-corrected chi connectivity index (χ2v) is 6.91. The zero-order valence-electron chi connectivity index (χ0n) is 10.4. The van der Waals surface area contributed by atoms with Crippen LogP contribution in [0.4, 0.5) is 0 Å². The first-order valence-electron chi connectivity index (χ1n) is 6.12. The third-order valence-corrected chi connectivity index (χ3v) is 4.78. The molecule has 1 fully saturated rings. The predicted octanol–water partition coefficient (Wildman–Crippen LogP) is 1.27. The van der Waals surface area contributed by atoms with Crippen molar-refractivity contribution in [1.29, 1.82) is 0 Å². The Hall–Kier alpha value is -1.56. The van der Waals surface area contributed by atoms with Gasteiger partial charge in [0, 0.05) is 6.42 Å². The van der Waals surface area contributed by atoms with Gasteiger partial charge in [0.15, 0.2) is 9.84 Å². The van der Waals surface area contributed by atoms with Crippen molar-refractivity contribution in [2.75, 3.05) is 11.5 Å². The van der Waals surface area contributed by atoms with Gasteiger partial charge in [-0.25, -0.2) is 8.42 Å². The van der Waals surface area contributed by atoms with Gasteiger partial charge in [0.2, 0.25) is 0 Å². The molecule has 1 aliphatic heterocycles. The lowest BCUT2D eigenvalue weighted by Gasteiger charge is -2.12. The normalized spacial score (nSPS) is 21.2. The smallest absolute Gasteiger partial charge is 0.303 e. The Morgan fingerprint density at radius 2 is 2.00 bits per heavy atom. The minimum atomic E-state index is -2.93. The molecular formula is C13H16O5S. The maximum atomic E-state index is 11.3. The summed E-state index contributed by atoms with van der Waals surface area (Å²) in [5, 5.41) is 8.59. The fourth-order valence-corrected chi connectivity index (χ4v) is 3.62. The van der Waals surface area contributed by atoms with Crippen LogP contribution in [-0.2, 0) is 21.1 Å². The molecule has 6 heteroatoms. The zero-order valence-corrected chi connectivity index (χ0v) is 11.2. The Kier molecular flexibility index (Phi) is 4.09. The van der Waals surface area contributed by atoms with Gasteiger partial charge in [-0.15, -0.1) is 0 Å². The molecule has 1 atom stereocenters. The highest BCUT2D eigenvalue weighted by atomic mass is 32.2. The molecule has 1 unspecified atom stereocenters. The van der Waals surface area contributed by atoms with Gasteiger partial charge in [-0.2, -0.15) is 0 Å². The summed E-state index contributed by atoms with van der Waals surface area (Å²) in [6, 6.07) is 7.12. The molecule has 0 saturated carbocycles. The lowest BCUT2D eigenvalue weighted by atomic mass is 10.1. The number of benzene rings is 1. The standard InChI is InChI=1S/C13H16O5S/c14-13(15)6-3-10-1-4-11(5-2-10)18-12-7-8-19(16,17)9-12/h1-2,4-5,12H,3,6-9H2,(H,14,15). The van der Waals surface area contributed by atoms with Crippen LogP contribution in [0.1, 0.15) is 18.4 Å². The molecule has 1 heterocycles. The molecule has 1 aromatic carbocycles. The topological polar surface area (TPSA) is 80.7 Å². The highest BCUT2D eigenvalue weighted by molar-refractivity contribution is 7.91. The van der Waals surface area contributed by atoms with Gasteiger partial charge < -0.3 is 9.84 Å². The van der Waals surface area contributed by atoms with E-state index in [-0.39, 0.29) is 24.0 Å². The molecule has 19 heavy (non-hydrogen) atoms. The summed E-state index contributed by atoms with van der Waals surface area (Å²) in [6.45, 7) is 0. The first kappa shape index (κ1) is 13.9. The van der Waals surface area contributed by atoms with E-state index in [1.54, 1.807) is 12.1 Å². The zero-order chi connectivity index (χ0) is 13.9. The number of aliphatic carboxylic acids is 1. The molecule has 0 amide bonds. The van der Waals surface area contributed by atoms with Crippen LogP contribution < -0.4 is 4.74 Å². The maximum absolute atomic E-state index is 11.3. The largest absolute Gasteiger partial charge is 0.489 e. The SMILES string of the molecule is O=C(O)CCc1ccc(OC2CCS(=O)(=O)C2)cc1. The third kappa shape index (κ3) is 4.24.